The molecule has 2 fully saturated rings. The largest absolute Gasteiger partial charge is 0.481 e. The molecule has 13 amide bonds. The van der Waals surface area contributed by atoms with E-state index in [-0.39, 0.29) is 104 Å². The first-order chi connectivity index (χ1) is 50.6. The number of aliphatic imine (C=N–C) groups is 2. The zero-order chi connectivity index (χ0) is 77.4. The number of amides is 13. The number of anilines is 1. The van der Waals surface area contributed by atoms with Gasteiger partial charge in [-0.05, 0) is 92.8 Å². The number of aromatic nitrogens is 1. The molecule has 0 aliphatic carbocycles. The average Bonchev–Trinajstić information content (AvgIpc) is 1.13. The summed E-state index contributed by atoms with van der Waals surface area (Å²) in [5, 5.41) is 37.2. The van der Waals surface area contributed by atoms with Gasteiger partial charge in [0.2, 0.25) is 70.9 Å². The summed E-state index contributed by atoms with van der Waals surface area (Å²) in [7, 11) is 4.97. The Labute approximate surface area is 624 Å². The van der Waals surface area contributed by atoms with Crippen molar-refractivity contribution in [3.63, 3.8) is 0 Å². The number of primary amides is 2. The topological polar surface area (TPSA) is 596 Å². The normalized spacial score (nSPS) is 22.1. The van der Waals surface area contributed by atoms with Crippen LogP contribution in [0.15, 0.2) is 76.8 Å². The van der Waals surface area contributed by atoms with Gasteiger partial charge in [-0.25, -0.2) is 0 Å². The molecule has 1 aromatic heterocycles. The number of guanidine groups is 2. The van der Waals surface area contributed by atoms with Crippen molar-refractivity contribution >= 4 is 171 Å². The smallest absolute Gasteiger partial charge is 0.305 e. The van der Waals surface area contributed by atoms with Crippen LogP contribution < -0.4 is 87.6 Å². The summed E-state index contributed by atoms with van der Waals surface area (Å²) in [5.41, 5.74) is 34.4. The molecule has 4 heterocycles. The fourth-order valence-corrected chi connectivity index (χ4v) is 15.5. The Kier molecular flexibility index (Phi) is 34.5. The molecule has 0 radical (unpaired) electrons. The zero-order valence-corrected chi connectivity index (χ0v) is 61.3. The average molecular weight is 1550 g/mol. The number of hydrogen-bond acceptors (Lipinski definition) is 21. The maximum absolute atomic E-state index is 14.3. The molecule has 0 spiro atoms. The number of fused-ring (bicyclic) bond motifs is 6. The molecule has 3 aromatic carbocycles. The molecular weight excluding hydrogens is 1460 g/mol. The predicted octanol–water partition coefficient (Wildman–Crippen LogP) is -2.40. The summed E-state index contributed by atoms with van der Waals surface area (Å²) in [6.45, 7) is 0.819. The Morgan fingerprint density at radius 1 is 0.557 bits per heavy atom. The number of carbonyl (C=O) groups excluding carboxylic acids is 14. The maximum Gasteiger partial charge on any atom is 0.305 e. The lowest BCUT2D eigenvalue weighted by atomic mass is 10.0. The fourth-order valence-electron chi connectivity index (χ4n) is 11.2. The second-order valence-corrected chi connectivity index (χ2v) is 29.9. The summed E-state index contributed by atoms with van der Waals surface area (Å²) in [6, 6.07) is 7.67. The summed E-state index contributed by atoms with van der Waals surface area (Å²) in [6.07, 6.45) is 3.39. The lowest BCUT2D eigenvalue weighted by Crippen LogP contribution is -2.59. The van der Waals surface area contributed by atoms with Crippen molar-refractivity contribution in [2.24, 2.45) is 44.4 Å². The Hall–Kier alpha value is -10.4. The summed E-state index contributed by atoms with van der Waals surface area (Å²) < 4.78 is 0. The molecule has 0 saturated carbocycles. The molecular formula is C66H90N20O16S4. The number of H-pyrrole nitrogens is 1. The highest BCUT2D eigenvalue weighted by atomic mass is 33.1. The summed E-state index contributed by atoms with van der Waals surface area (Å²) in [4.78, 5) is 207. The van der Waals surface area contributed by atoms with Gasteiger partial charge in [0.05, 0.1) is 19.5 Å². The van der Waals surface area contributed by atoms with Crippen LogP contribution in [0.5, 0.6) is 0 Å². The van der Waals surface area contributed by atoms with Crippen LogP contribution >= 0.6 is 43.2 Å². The van der Waals surface area contributed by atoms with E-state index >= 15 is 0 Å². The molecule has 36 nitrogen and oxygen atoms in total. The van der Waals surface area contributed by atoms with Crippen molar-refractivity contribution in [3.8, 4) is 0 Å². The number of hydrogen-bond donors (Lipinski definition) is 18. The number of unbranched alkanes of at least 4 members (excludes halogenated alkanes) is 2. The van der Waals surface area contributed by atoms with Crippen LogP contribution in [-0.4, -0.2) is 220 Å². The molecule has 2 unspecified atom stereocenters. The number of aliphatic carboxylic acids is 1. The number of para-hydroxylation sites is 1. The van der Waals surface area contributed by atoms with Crippen molar-refractivity contribution in [1.82, 2.24) is 57.7 Å². The molecule has 4 aromatic rings. The number of carboxylic acid groups (broad SMARTS) is 1. The van der Waals surface area contributed by atoms with Gasteiger partial charge >= 0.3 is 5.97 Å². The van der Waals surface area contributed by atoms with Crippen molar-refractivity contribution in [2.45, 2.75) is 139 Å². The number of Topliss-reactive ketones (excluding diaryl/α,β-unsaturated/α-hetero) is 1. The van der Waals surface area contributed by atoms with E-state index in [1.54, 1.807) is 42.6 Å². The van der Waals surface area contributed by atoms with Crippen LogP contribution in [0.25, 0.3) is 21.7 Å². The second-order valence-electron chi connectivity index (χ2n) is 24.7. The predicted molar refractivity (Wildman–Crippen MR) is 402 cm³/mol. The van der Waals surface area contributed by atoms with Gasteiger partial charge in [-0.3, -0.25) is 81.9 Å². The molecule has 3 aliphatic heterocycles. The number of aromatic amines is 1. The van der Waals surface area contributed by atoms with E-state index in [2.05, 4.69) is 68.1 Å². The van der Waals surface area contributed by atoms with Gasteiger partial charge in [0.15, 0.2) is 11.9 Å². The number of nitrogens with one attached hydrogen (secondary N) is 11. The van der Waals surface area contributed by atoms with Crippen molar-refractivity contribution in [2.75, 3.05) is 61.1 Å². The van der Waals surface area contributed by atoms with E-state index in [1.165, 1.54) is 61.1 Å². The Bertz CT molecular complexity index is 3930. The van der Waals surface area contributed by atoms with E-state index < -0.39 is 151 Å². The van der Waals surface area contributed by atoms with Gasteiger partial charge in [-0.2, -0.15) is 0 Å². The van der Waals surface area contributed by atoms with Crippen molar-refractivity contribution in [3.05, 3.63) is 78.0 Å². The summed E-state index contributed by atoms with van der Waals surface area (Å²) in [5.74, 6) is -10.3. The van der Waals surface area contributed by atoms with Crippen molar-refractivity contribution < 1.29 is 77.0 Å². The number of ketones is 1. The third kappa shape index (κ3) is 28.3. The number of nitrogens with zero attached hydrogens (tertiary/aromatic N) is 3. The Morgan fingerprint density at radius 2 is 1.08 bits per heavy atom. The third-order valence-electron chi connectivity index (χ3n) is 16.4. The van der Waals surface area contributed by atoms with Crippen LogP contribution in [0.1, 0.15) is 99.9 Å². The molecule has 106 heavy (non-hydrogen) atoms. The minimum atomic E-state index is -1.68. The van der Waals surface area contributed by atoms with Gasteiger partial charge in [0.1, 0.15) is 54.1 Å². The number of benzene rings is 3. The van der Waals surface area contributed by atoms with Gasteiger partial charge in [-0.1, -0.05) is 85.6 Å². The highest BCUT2D eigenvalue weighted by molar-refractivity contribution is 8.77. The molecule has 2 saturated heterocycles. The van der Waals surface area contributed by atoms with E-state index in [9.17, 15) is 77.0 Å². The SMILES string of the molecule is CC(=O)C[C@@H]1NC(=O)CNC(=O)[C@H](CCCCN=C(N)N)NC(=O)CCSSCC(C(N)=O)NC(=O)c2cc(cc3ccccc23)NC1=O.NC(=O)C1CSSCCC(=O)N[C@@H](CCCCN=C(N)N)C(=O)NCC(=O)N[C@@H](CC(=O)O)C(=O)N[C@H](Cc2c[nH]c3ccccc23)C(=O)N2CCC[C@H]2C(=O)N1. The van der Waals surface area contributed by atoms with Gasteiger partial charge in [-0.15, -0.1) is 0 Å². The fraction of sp³-hybridized carbons (Fsp3) is 0.470. The summed E-state index contributed by atoms with van der Waals surface area (Å²) >= 11 is 0. The van der Waals surface area contributed by atoms with E-state index in [4.69, 9.17) is 34.4 Å². The molecule has 3 aliphatic rings. The van der Waals surface area contributed by atoms with Crippen LogP contribution in [0.3, 0.4) is 0 Å². The number of rotatable bonds is 18. The molecule has 574 valence electrons. The van der Waals surface area contributed by atoms with E-state index in [1.807, 2.05) is 18.2 Å². The van der Waals surface area contributed by atoms with Gasteiger partial charge in [0.25, 0.3) is 5.91 Å². The zero-order valence-electron chi connectivity index (χ0n) is 58.0. The lowest BCUT2D eigenvalue weighted by Gasteiger charge is -2.30. The molecule has 7 rings (SSSR count). The van der Waals surface area contributed by atoms with E-state index in [0.717, 1.165) is 10.9 Å². The quantitative estimate of drug-likeness (QED) is 0.0214. The van der Waals surface area contributed by atoms with Crippen LogP contribution in [-0.2, 0) is 73.5 Å². The highest BCUT2D eigenvalue weighted by Gasteiger charge is 2.40. The van der Waals surface area contributed by atoms with Gasteiger partial charge < -0.3 is 103 Å². The van der Waals surface area contributed by atoms with Crippen molar-refractivity contribution in [1.29, 1.82) is 0 Å². The number of carboxylic acids is 1. The standard InChI is InChI=1S/C35H49N11O9S2.C31H41N9O7S2/c36-30(51)25-18-57-56-13-10-27(47)42-22(8-3-4-11-39-35(37)38)31(52)41-17-28(48)43-23(15-29(49)50)32(53)44-24(14-19-16-40-21-7-2-1-6-20(19)21)34(55)46-12-5-9-26(46)33(54)45-25;1-17(41)12-23-30(47)37-19-13-18-6-2-3-7-20(18)21(14-19)28(45)40-24(27(32)44)16-49-48-11-9-25(42)38-22(8-4-5-10-35-31(33)34)29(46)36-15-26(43)39-23/h1-2,6-7,16,22-26,40H,3-5,8-15,17-18H2,(H2,36,51)(H,41,52)(H,42,47)(H,43,48)(H,44,53)(H,45,54)(H,49,50)(H4,37,38,39);2-3,6-7,13-14,22-24H,4-5,8-12,15-16H2,1H3,(H2,32,44)(H,36,46)(H,37,47)(H,38,42)(H,39,43)(H,40,45)(H4,33,34,35)/t22-,23-,24+,25?,26-;22-,23-,24?/m00/s1. The van der Waals surface area contributed by atoms with E-state index in [0.29, 0.717) is 60.7 Å². The lowest BCUT2D eigenvalue weighted by molar-refractivity contribution is -0.143. The monoisotopic (exact) mass is 1550 g/mol. The first-order valence-corrected chi connectivity index (χ1v) is 38.8. The minimum Gasteiger partial charge on any atom is -0.481 e. The third-order valence-corrected chi connectivity index (χ3v) is 21.2. The first-order valence-electron chi connectivity index (χ1n) is 33.8. The molecule has 24 N–H and O–H groups in total. The van der Waals surface area contributed by atoms with Gasteiger partial charge in [0, 0.05) is 96.7 Å². The number of nitrogens with two attached hydrogens (primary N) is 6. The number of carbonyl (C=O) groups is 15. The minimum absolute atomic E-state index is 0.0195. The Balaban J connectivity index is 0.000000336. The highest BCUT2D eigenvalue weighted by Crippen LogP contribution is 2.29. The second kappa shape index (κ2) is 43.2. The van der Waals surface area contributed by atoms with Crippen LogP contribution in [0, 0.1) is 0 Å². The molecule has 40 heteroatoms. The molecule has 2 bridgehead atoms. The van der Waals surface area contributed by atoms with Crippen LogP contribution in [0.4, 0.5) is 5.69 Å². The van der Waals surface area contributed by atoms with Crippen LogP contribution in [0.2, 0.25) is 0 Å². The Morgan fingerprint density at radius 3 is 1.63 bits per heavy atom. The molecule has 8 atom stereocenters. The maximum atomic E-state index is 14.3. The first kappa shape index (κ1) is 84.6.